The van der Waals surface area contributed by atoms with E-state index in [-0.39, 0.29) is 35.7 Å². The molecular weight excluding hydrogens is 492 g/mol. The Balaban J connectivity index is 1.46. The van der Waals surface area contributed by atoms with Gasteiger partial charge in [0.25, 0.3) is 11.8 Å². The normalized spacial score (nSPS) is 15.2. The number of carbonyl (C=O) groups is 3. The molecule has 1 fully saturated rings. The van der Waals surface area contributed by atoms with E-state index in [2.05, 4.69) is 16.9 Å². The molecule has 2 aromatic carbocycles. The third-order valence-corrected chi connectivity index (χ3v) is 7.02. The second kappa shape index (κ2) is 12.7. The van der Waals surface area contributed by atoms with E-state index in [9.17, 15) is 14.4 Å². The van der Waals surface area contributed by atoms with Crippen molar-refractivity contribution in [1.82, 2.24) is 19.8 Å². The highest BCUT2D eigenvalue weighted by Gasteiger charge is 2.34. The number of benzene rings is 2. The Bertz CT molecular complexity index is 1320. The highest BCUT2D eigenvalue weighted by atomic mass is 16.5. The smallest absolute Gasteiger partial charge is 0.342 e. The Kier molecular flexibility index (Phi) is 9.07. The minimum absolute atomic E-state index is 0.0349. The van der Waals surface area contributed by atoms with Gasteiger partial charge in [-0.2, -0.15) is 0 Å². The molecule has 0 N–H and O–H groups in total. The molecule has 3 aromatic rings. The number of aryl methyl sites for hydroxylation is 3. The van der Waals surface area contributed by atoms with Crippen LogP contribution in [-0.4, -0.2) is 63.2 Å². The third-order valence-electron chi connectivity index (χ3n) is 7.02. The Morgan fingerprint density at radius 2 is 1.64 bits per heavy atom. The lowest BCUT2D eigenvalue weighted by molar-refractivity contribution is 0.0401. The summed E-state index contributed by atoms with van der Waals surface area (Å²) < 4.78 is 5.52. The zero-order valence-electron chi connectivity index (χ0n) is 23.1. The van der Waals surface area contributed by atoms with Crippen LogP contribution in [0.1, 0.15) is 80.5 Å². The molecule has 1 atom stereocenters. The lowest BCUT2D eigenvalue weighted by Gasteiger charge is -2.40. The summed E-state index contributed by atoms with van der Waals surface area (Å²) in [5.41, 5.74) is 3.23. The number of nitrogens with zero attached hydrogens (tertiary/aromatic N) is 4. The number of esters is 1. The van der Waals surface area contributed by atoms with Crippen molar-refractivity contribution in [2.45, 2.75) is 59.6 Å². The van der Waals surface area contributed by atoms with Crippen molar-refractivity contribution in [3.8, 4) is 0 Å². The number of piperazine rings is 1. The summed E-state index contributed by atoms with van der Waals surface area (Å²) in [5, 5.41) is 0. The van der Waals surface area contributed by atoms with E-state index in [0.29, 0.717) is 36.7 Å². The van der Waals surface area contributed by atoms with Crippen LogP contribution >= 0.6 is 0 Å². The quantitative estimate of drug-likeness (QED) is 0.391. The number of amides is 2. The maximum atomic E-state index is 13.6. The summed E-state index contributed by atoms with van der Waals surface area (Å²) in [6.45, 7) is 8.60. The molecule has 8 nitrogen and oxygen atoms in total. The van der Waals surface area contributed by atoms with Gasteiger partial charge in [0.05, 0.1) is 5.69 Å². The van der Waals surface area contributed by atoms with Crippen LogP contribution < -0.4 is 0 Å². The fourth-order valence-corrected chi connectivity index (χ4v) is 4.86. The maximum absolute atomic E-state index is 13.6. The second-order valence-electron chi connectivity index (χ2n) is 10.0. The molecule has 8 heteroatoms. The molecule has 1 aliphatic heterocycles. The number of aromatic nitrogens is 2. The number of hydrogen-bond acceptors (Lipinski definition) is 6. The molecule has 1 saturated heterocycles. The van der Waals surface area contributed by atoms with Crippen molar-refractivity contribution in [3.63, 3.8) is 0 Å². The van der Waals surface area contributed by atoms with Gasteiger partial charge in [-0.1, -0.05) is 55.8 Å². The fraction of sp³-hybridized carbons (Fsp3) is 0.387. The van der Waals surface area contributed by atoms with Crippen LogP contribution in [0.3, 0.4) is 0 Å². The zero-order chi connectivity index (χ0) is 27.9. The van der Waals surface area contributed by atoms with Gasteiger partial charge in [0, 0.05) is 31.2 Å². The van der Waals surface area contributed by atoms with Gasteiger partial charge in [0.15, 0.2) is 0 Å². The molecule has 0 spiro atoms. The van der Waals surface area contributed by atoms with Crippen LogP contribution in [0.25, 0.3) is 0 Å². The molecule has 39 heavy (non-hydrogen) atoms. The molecular formula is C31H36N4O4. The molecule has 1 unspecified atom stereocenters. The molecule has 2 amide bonds. The van der Waals surface area contributed by atoms with E-state index in [1.165, 1.54) is 5.56 Å². The monoisotopic (exact) mass is 528 g/mol. The average molecular weight is 529 g/mol. The highest BCUT2D eigenvalue weighted by Crippen LogP contribution is 2.20. The second-order valence-corrected chi connectivity index (χ2v) is 10.0. The van der Waals surface area contributed by atoms with Crippen LogP contribution in [0.15, 0.2) is 54.6 Å². The van der Waals surface area contributed by atoms with Gasteiger partial charge in [-0.25, -0.2) is 14.8 Å². The van der Waals surface area contributed by atoms with Crippen LogP contribution in [0, 0.1) is 13.8 Å². The summed E-state index contributed by atoms with van der Waals surface area (Å²) in [7, 11) is 0. The molecule has 4 rings (SSSR count). The van der Waals surface area contributed by atoms with Gasteiger partial charge in [-0.05, 0) is 56.9 Å². The predicted octanol–water partition coefficient (Wildman–Crippen LogP) is 4.78. The largest absolute Gasteiger partial charge is 0.457 e. The number of rotatable bonds is 8. The zero-order valence-corrected chi connectivity index (χ0v) is 23.1. The SMILES string of the molecule is CCCCc1ccc(C(=O)N2CCN(C(=O)c3nc(C)nc(C)c3C(=O)OCc3ccccc3)CC2C)cc1. The lowest BCUT2D eigenvalue weighted by atomic mass is 10.0. The van der Waals surface area contributed by atoms with E-state index < -0.39 is 5.97 Å². The summed E-state index contributed by atoms with van der Waals surface area (Å²) in [6.07, 6.45) is 3.26. The third kappa shape index (κ3) is 6.69. The van der Waals surface area contributed by atoms with Gasteiger partial charge >= 0.3 is 5.97 Å². The summed E-state index contributed by atoms with van der Waals surface area (Å²) in [5.74, 6) is -0.645. The maximum Gasteiger partial charge on any atom is 0.342 e. The first-order chi connectivity index (χ1) is 18.8. The minimum Gasteiger partial charge on any atom is -0.457 e. The molecule has 0 radical (unpaired) electrons. The van der Waals surface area contributed by atoms with E-state index in [0.717, 1.165) is 24.8 Å². The van der Waals surface area contributed by atoms with Crippen LogP contribution in [0.5, 0.6) is 0 Å². The summed E-state index contributed by atoms with van der Waals surface area (Å²) in [4.78, 5) is 52.1. The van der Waals surface area contributed by atoms with Crippen LogP contribution in [0.2, 0.25) is 0 Å². The van der Waals surface area contributed by atoms with Crippen molar-refractivity contribution in [2.24, 2.45) is 0 Å². The first-order valence-electron chi connectivity index (χ1n) is 13.5. The van der Waals surface area contributed by atoms with E-state index in [1.807, 2.05) is 61.5 Å². The minimum atomic E-state index is -0.635. The summed E-state index contributed by atoms with van der Waals surface area (Å²) >= 11 is 0. The standard InChI is InChI=1S/C31H36N4O4/c1-5-6-10-24-13-15-26(16-14-24)29(36)35-18-17-34(19-21(35)2)30(37)28-27(22(3)32-23(4)33-28)31(38)39-20-25-11-8-7-9-12-25/h7-9,11-16,21H,5-6,10,17-20H2,1-4H3. The molecule has 1 aromatic heterocycles. The Morgan fingerprint density at radius 1 is 0.923 bits per heavy atom. The molecule has 204 valence electrons. The van der Waals surface area contributed by atoms with Crippen molar-refractivity contribution < 1.29 is 19.1 Å². The molecule has 0 bridgehead atoms. The first kappa shape index (κ1) is 28.0. The topological polar surface area (TPSA) is 92.7 Å². The molecule has 1 aliphatic rings. The van der Waals surface area contributed by atoms with Gasteiger partial charge < -0.3 is 14.5 Å². The van der Waals surface area contributed by atoms with Crippen molar-refractivity contribution in [1.29, 1.82) is 0 Å². The van der Waals surface area contributed by atoms with E-state index in [1.54, 1.807) is 23.6 Å². The Labute approximate surface area is 230 Å². The van der Waals surface area contributed by atoms with Crippen molar-refractivity contribution >= 4 is 17.8 Å². The highest BCUT2D eigenvalue weighted by molar-refractivity contribution is 6.04. The fourth-order valence-electron chi connectivity index (χ4n) is 4.86. The van der Waals surface area contributed by atoms with Crippen molar-refractivity contribution in [2.75, 3.05) is 19.6 Å². The molecule has 2 heterocycles. The number of ether oxygens (including phenoxy) is 1. The van der Waals surface area contributed by atoms with E-state index >= 15 is 0 Å². The van der Waals surface area contributed by atoms with Gasteiger partial charge in [-0.3, -0.25) is 9.59 Å². The van der Waals surface area contributed by atoms with Crippen LogP contribution in [-0.2, 0) is 17.8 Å². The molecule has 0 aliphatic carbocycles. The average Bonchev–Trinajstić information content (AvgIpc) is 2.94. The number of hydrogen-bond donors (Lipinski definition) is 0. The van der Waals surface area contributed by atoms with Crippen molar-refractivity contribution in [3.05, 3.63) is 94.1 Å². The lowest BCUT2D eigenvalue weighted by Crippen LogP contribution is -2.55. The Hall–Kier alpha value is -4.07. The molecule has 0 saturated carbocycles. The number of unbranched alkanes of at least 4 members (excludes halogenated alkanes) is 1. The Morgan fingerprint density at radius 3 is 2.31 bits per heavy atom. The van der Waals surface area contributed by atoms with E-state index in [4.69, 9.17) is 4.74 Å². The van der Waals surface area contributed by atoms with Gasteiger partial charge in [0.1, 0.15) is 23.7 Å². The summed E-state index contributed by atoms with van der Waals surface area (Å²) in [6, 6.07) is 17.0. The number of carbonyl (C=O) groups excluding carboxylic acids is 3. The van der Waals surface area contributed by atoms with Crippen LogP contribution in [0.4, 0.5) is 0 Å². The predicted molar refractivity (Wildman–Crippen MR) is 149 cm³/mol. The first-order valence-corrected chi connectivity index (χ1v) is 13.5. The van der Waals surface area contributed by atoms with Gasteiger partial charge in [0.2, 0.25) is 0 Å². The van der Waals surface area contributed by atoms with Gasteiger partial charge in [-0.15, -0.1) is 0 Å².